The topological polar surface area (TPSA) is 12.9 Å². The summed E-state index contributed by atoms with van der Waals surface area (Å²) in [6.07, 6.45) is 0. The molecule has 0 spiro atoms. The Morgan fingerprint density at radius 3 is 2.67 bits per heavy atom. The monoisotopic (exact) mass is 265 g/mol. The number of nitrogens with zero attached hydrogens (tertiary/aromatic N) is 1. The predicted molar refractivity (Wildman–Crippen MR) is 62.1 cm³/mol. The van der Waals surface area contributed by atoms with Crippen LogP contribution in [-0.4, -0.2) is 4.98 Å². The Balaban J connectivity index is 2.54. The Morgan fingerprint density at radius 1 is 1.20 bits per heavy atom. The third-order valence-electron chi connectivity index (χ3n) is 2.05. The van der Waals surface area contributed by atoms with Gasteiger partial charge in [-0.1, -0.05) is 6.07 Å². The molecule has 2 rings (SSSR count). The average molecular weight is 266 g/mol. The molecule has 0 bridgehead atoms. The first-order chi connectivity index (χ1) is 7.15. The molecule has 2 aromatic rings. The van der Waals surface area contributed by atoms with Crippen molar-refractivity contribution >= 4 is 15.9 Å². The van der Waals surface area contributed by atoms with Gasteiger partial charge in [0, 0.05) is 5.56 Å². The number of benzene rings is 1. The van der Waals surface area contributed by atoms with Crippen LogP contribution >= 0.6 is 15.9 Å². The van der Waals surface area contributed by atoms with Gasteiger partial charge in [0.25, 0.3) is 0 Å². The Hall–Kier alpha value is -1.22. The summed E-state index contributed by atoms with van der Waals surface area (Å²) < 4.78 is 13.9. The quantitative estimate of drug-likeness (QED) is 0.712. The van der Waals surface area contributed by atoms with Crippen LogP contribution in [0.25, 0.3) is 11.3 Å². The van der Waals surface area contributed by atoms with Crippen LogP contribution in [0.15, 0.2) is 41.0 Å². The highest BCUT2D eigenvalue weighted by molar-refractivity contribution is 9.10. The van der Waals surface area contributed by atoms with E-state index in [1.807, 2.05) is 31.2 Å². The van der Waals surface area contributed by atoms with Crippen molar-refractivity contribution in [2.75, 3.05) is 0 Å². The Labute approximate surface area is 96.1 Å². The van der Waals surface area contributed by atoms with Crippen molar-refractivity contribution in [2.24, 2.45) is 0 Å². The second-order valence-electron chi connectivity index (χ2n) is 3.36. The zero-order valence-electron chi connectivity index (χ0n) is 8.17. The van der Waals surface area contributed by atoms with E-state index < -0.39 is 0 Å². The fourth-order valence-electron chi connectivity index (χ4n) is 1.45. The SMILES string of the molecule is Cc1cc(F)cc(-c2cccc(Br)n2)c1. The average Bonchev–Trinajstić information content (AvgIpc) is 2.16. The molecule has 0 radical (unpaired) electrons. The summed E-state index contributed by atoms with van der Waals surface area (Å²) in [5.74, 6) is -0.230. The predicted octanol–water partition coefficient (Wildman–Crippen LogP) is 3.96. The lowest BCUT2D eigenvalue weighted by molar-refractivity contribution is 0.627. The van der Waals surface area contributed by atoms with Crippen LogP contribution in [-0.2, 0) is 0 Å². The van der Waals surface area contributed by atoms with Crippen LogP contribution in [0, 0.1) is 12.7 Å². The van der Waals surface area contributed by atoms with Gasteiger partial charge in [-0.25, -0.2) is 9.37 Å². The molecule has 0 aliphatic heterocycles. The molecule has 0 atom stereocenters. The maximum Gasteiger partial charge on any atom is 0.124 e. The number of pyridine rings is 1. The molecule has 76 valence electrons. The molecule has 0 unspecified atom stereocenters. The lowest BCUT2D eigenvalue weighted by Gasteiger charge is -2.03. The van der Waals surface area contributed by atoms with Gasteiger partial charge in [-0.15, -0.1) is 0 Å². The van der Waals surface area contributed by atoms with Gasteiger partial charge in [0.1, 0.15) is 10.4 Å². The first-order valence-electron chi connectivity index (χ1n) is 4.55. The fourth-order valence-corrected chi connectivity index (χ4v) is 1.80. The zero-order chi connectivity index (χ0) is 10.8. The van der Waals surface area contributed by atoms with Gasteiger partial charge in [-0.2, -0.15) is 0 Å². The van der Waals surface area contributed by atoms with Gasteiger partial charge in [-0.05, 0) is 58.7 Å². The second-order valence-corrected chi connectivity index (χ2v) is 4.18. The van der Waals surface area contributed by atoms with Crippen LogP contribution in [0.1, 0.15) is 5.56 Å². The lowest BCUT2D eigenvalue weighted by atomic mass is 10.1. The van der Waals surface area contributed by atoms with E-state index in [-0.39, 0.29) is 5.82 Å². The van der Waals surface area contributed by atoms with Gasteiger partial charge in [0.05, 0.1) is 5.69 Å². The highest BCUT2D eigenvalue weighted by Gasteiger charge is 2.02. The zero-order valence-corrected chi connectivity index (χ0v) is 9.75. The molecule has 3 heteroatoms. The van der Waals surface area contributed by atoms with E-state index in [1.165, 1.54) is 12.1 Å². The van der Waals surface area contributed by atoms with E-state index in [0.717, 1.165) is 21.4 Å². The number of halogens is 2. The van der Waals surface area contributed by atoms with Crippen LogP contribution in [0.5, 0.6) is 0 Å². The summed E-state index contributed by atoms with van der Waals surface area (Å²) in [6, 6.07) is 10.5. The van der Waals surface area contributed by atoms with Gasteiger partial charge in [0.2, 0.25) is 0 Å². The van der Waals surface area contributed by atoms with Crippen molar-refractivity contribution in [3.05, 3.63) is 52.4 Å². The summed E-state index contributed by atoms with van der Waals surface area (Å²) in [5.41, 5.74) is 2.47. The summed E-state index contributed by atoms with van der Waals surface area (Å²) in [6.45, 7) is 1.87. The molecule has 0 amide bonds. The number of hydrogen-bond acceptors (Lipinski definition) is 1. The molecule has 0 N–H and O–H groups in total. The molecular formula is C12H9BrFN. The van der Waals surface area contributed by atoms with Crippen LogP contribution in [0.4, 0.5) is 4.39 Å². The number of hydrogen-bond donors (Lipinski definition) is 0. The molecule has 15 heavy (non-hydrogen) atoms. The van der Waals surface area contributed by atoms with Crippen molar-refractivity contribution in [1.29, 1.82) is 0 Å². The molecule has 1 aromatic carbocycles. The number of rotatable bonds is 1. The van der Waals surface area contributed by atoms with E-state index in [4.69, 9.17) is 0 Å². The fraction of sp³-hybridized carbons (Fsp3) is 0.0833. The molecule has 0 saturated heterocycles. The minimum absolute atomic E-state index is 0.230. The molecule has 0 saturated carbocycles. The maximum atomic E-state index is 13.2. The molecule has 1 heterocycles. The van der Waals surface area contributed by atoms with E-state index in [1.54, 1.807) is 0 Å². The van der Waals surface area contributed by atoms with Gasteiger partial charge in [-0.3, -0.25) is 0 Å². The van der Waals surface area contributed by atoms with Crippen LogP contribution in [0.2, 0.25) is 0 Å². The smallest absolute Gasteiger partial charge is 0.124 e. The normalized spacial score (nSPS) is 10.3. The van der Waals surface area contributed by atoms with E-state index in [2.05, 4.69) is 20.9 Å². The van der Waals surface area contributed by atoms with Crippen molar-refractivity contribution in [2.45, 2.75) is 6.92 Å². The molecule has 1 nitrogen and oxygen atoms in total. The Morgan fingerprint density at radius 2 is 2.00 bits per heavy atom. The number of aromatic nitrogens is 1. The minimum Gasteiger partial charge on any atom is -0.241 e. The summed E-state index contributed by atoms with van der Waals surface area (Å²) in [5, 5.41) is 0. The van der Waals surface area contributed by atoms with E-state index in [0.29, 0.717) is 0 Å². The molecule has 0 aliphatic carbocycles. The third-order valence-corrected chi connectivity index (χ3v) is 2.49. The molecule has 0 fully saturated rings. The van der Waals surface area contributed by atoms with Crippen molar-refractivity contribution in [3.8, 4) is 11.3 Å². The Bertz CT molecular complexity index is 476. The largest absolute Gasteiger partial charge is 0.241 e. The lowest BCUT2D eigenvalue weighted by Crippen LogP contribution is -1.86. The van der Waals surface area contributed by atoms with Gasteiger partial charge in [0.15, 0.2) is 0 Å². The van der Waals surface area contributed by atoms with Crippen molar-refractivity contribution in [1.82, 2.24) is 4.98 Å². The number of aryl methyl sites for hydroxylation is 1. The van der Waals surface area contributed by atoms with Crippen molar-refractivity contribution < 1.29 is 4.39 Å². The van der Waals surface area contributed by atoms with E-state index in [9.17, 15) is 4.39 Å². The standard InChI is InChI=1S/C12H9BrFN/c1-8-5-9(7-10(14)6-8)11-3-2-4-12(13)15-11/h2-7H,1H3. The first-order valence-corrected chi connectivity index (χ1v) is 5.34. The minimum atomic E-state index is -0.230. The Kier molecular flexibility index (Phi) is 2.82. The first kappa shape index (κ1) is 10.3. The van der Waals surface area contributed by atoms with E-state index >= 15 is 0 Å². The van der Waals surface area contributed by atoms with Crippen molar-refractivity contribution in [3.63, 3.8) is 0 Å². The van der Waals surface area contributed by atoms with Crippen LogP contribution in [0.3, 0.4) is 0 Å². The highest BCUT2D eigenvalue weighted by Crippen LogP contribution is 2.21. The second kappa shape index (κ2) is 4.11. The maximum absolute atomic E-state index is 13.2. The summed E-state index contributed by atoms with van der Waals surface area (Å²) >= 11 is 3.29. The highest BCUT2D eigenvalue weighted by atomic mass is 79.9. The van der Waals surface area contributed by atoms with Crippen LogP contribution < -0.4 is 0 Å². The van der Waals surface area contributed by atoms with Gasteiger partial charge >= 0.3 is 0 Å². The molecular weight excluding hydrogens is 257 g/mol. The third kappa shape index (κ3) is 2.42. The molecule has 0 aliphatic rings. The van der Waals surface area contributed by atoms with Gasteiger partial charge < -0.3 is 0 Å². The summed E-state index contributed by atoms with van der Waals surface area (Å²) in [4.78, 5) is 4.28. The molecule has 1 aromatic heterocycles. The summed E-state index contributed by atoms with van der Waals surface area (Å²) in [7, 11) is 0.